The Morgan fingerprint density at radius 1 is 1.15 bits per heavy atom. The van der Waals surface area contributed by atoms with E-state index in [1.165, 1.54) is 25.0 Å². The lowest BCUT2D eigenvalue weighted by atomic mass is 9.91. The SMILES string of the molecule is CS(C)(C)CCC1CC2C=CC1C2. The molecule has 1 fully saturated rings. The fraction of sp³-hybridized carbons (Fsp3) is 0.833. The molecule has 3 unspecified atom stereocenters. The summed E-state index contributed by atoms with van der Waals surface area (Å²) in [5.41, 5.74) is 0. The van der Waals surface area contributed by atoms with Gasteiger partial charge in [0.25, 0.3) is 0 Å². The maximum atomic E-state index is 2.48. The molecule has 0 saturated heterocycles. The van der Waals surface area contributed by atoms with Crippen LogP contribution in [-0.2, 0) is 0 Å². The molecule has 1 heteroatoms. The van der Waals surface area contributed by atoms with E-state index < -0.39 is 0 Å². The number of rotatable bonds is 3. The first kappa shape index (κ1) is 9.64. The third kappa shape index (κ3) is 2.31. The second kappa shape index (κ2) is 3.34. The summed E-state index contributed by atoms with van der Waals surface area (Å²) in [5, 5.41) is 0. The fourth-order valence-electron chi connectivity index (χ4n) is 2.73. The Morgan fingerprint density at radius 2 is 1.92 bits per heavy atom. The molecule has 0 aromatic rings. The van der Waals surface area contributed by atoms with E-state index in [4.69, 9.17) is 0 Å². The predicted octanol–water partition coefficient (Wildman–Crippen LogP) is 3.28. The normalized spacial score (nSPS) is 38.5. The Balaban J connectivity index is 1.81. The van der Waals surface area contributed by atoms with Gasteiger partial charge in [-0.15, -0.1) is 0 Å². The Labute approximate surface area is 84.1 Å². The molecule has 2 aliphatic carbocycles. The molecule has 1 saturated carbocycles. The maximum Gasteiger partial charge on any atom is -0.0199 e. The maximum absolute atomic E-state index is 2.48. The van der Waals surface area contributed by atoms with Gasteiger partial charge >= 0.3 is 0 Å². The Bertz CT molecular complexity index is 212. The van der Waals surface area contributed by atoms with E-state index in [1.807, 2.05) is 0 Å². The number of allylic oxidation sites excluding steroid dienone is 2. The van der Waals surface area contributed by atoms with Crippen LogP contribution < -0.4 is 0 Å². The van der Waals surface area contributed by atoms with E-state index in [-0.39, 0.29) is 10.0 Å². The van der Waals surface area contributed by atoms with Gasteiger partial charge in [0, 0.05) is 0 Å². The smallest absolute Gasteiger partial charge is 0.0199 e. The molecule has 0 radical (unpaired) electrons. The van der Waals surface area contributed by atoms with Crippen LogP contribution in [0.4, 0.5) is 0 Å². The molecule has 0 heterocycles. The van der Waals surface area contributed by atoms with Crippen molar-refractivity contribution in [1.82, 2.24) is 0 Å². The van der Waals surface area contributed by atoms with E-state index >= 15 is 0 Å². The first-order valence-corrected chi connectivity index (χ1v) is 8.41. The van der Waals surface area contributed by atoms with Crippen molar-refractivity contribution in [3.05, 3.63) is 12.2 Å². The first-order chi connectivity index (χ1) is 6.04. The van der Waals surface area contributed by atoms with Gasteiger partial charge in [-0.05, 0) is 61.5 Å². The zero-order valence-corrected chi connectivity index (χ0v) is 9.94. The average Bonchev–Trinajstić information content (AvgIpc) is 2.58. The Hall–Kier alpha value is 0.0900. The molecule has 0 aromatic heterocycles. The highest BCUT2D eigenvalue weighted by Crippen LogP contribution is 2.47. The monoisotopic (exact) mass is 198 g/mol. The van der Waals surface area contributed by atoms with Crippen molar-refractivity contribution < 1.29 is 0 Å². The lowest BCUT2D eigenvalue weighted by Gasteiger charge is -2.28. The summed E-state index contributed by atoms with van der Waals surface area (Å²) in [6.07, 6.45) is 16.7. The molecule has 3 atom stereocenters. The zero-order valence-electron chi connectivity index (χ0n) is 9.12. The number of hydrogen-bond acceptors (Lipinski definition) is 0. The lowest BCUT2D eigenvalue weighted by Crippen LogP contribution is -2.11. The second-order valence-electron chi connectivity index (χ2n) is 5.62. The van der Waals surface area contributed by atoms with Crippen LogP contribution in [0.3, 0.4) is 0 Å². The van der Waals surface area contributed by atoms with Crippen LogP contribution in [0, 0.1) is 17.8 Å². The molecule has 0 N–H and O–H groups in total. The van der Waals surface area contributed by atoms with Crippen LogP contribution in [0.2, 0.25) is 0 Å². The average molecular weight is 198 g/mol. The highest BCUT2D eigenvalue weighted by Gasteiger charge is 2.35. The molecule has 0 amide bonds. The Kier molecular flexibility index (Phi) is 2.48. The van der Waals surface area contributed by atoms with Gasteiger partial charge in [-0.2, -0.15) is 0 Å². The van der Waals surface area contributed by atoms with Gasteiger partial charge in [-0.1, -0.05) is 12.2 Å². The van der Waals surface area contributed by atoms with Gasteiger partial charge in [0.2, 0.25) is 0 Å². The van der Waals surface area contributed by atoms with Crippen molar-refractivity contribution in [3.63, 3.8) is 0 Å². The van der Waals surface area contributed by atoms with E-state index in [1.54, 1.807) is 0 Å². The lowest BCUT2D eigenvalue weighted by molar-refractivity contribution is 0.437. The van der Waals surface area contributed by atoms with Crippen LogP contribution in [0.1, 0.15) is 19.3 Å². The first-order valence-electron chi connectivity index (χ1n) is 5.39. The van der Waals surface area contributed by atoms with Crippen LogP contribution in [0.15, 0.2) is 12.2 Å². The van der Waals surface area contributed by atoms with Crippen molar-refractivity contribution >= 4 is 10.0 Å². The molecule has 2 rings (SSSR count). The zero-order chi connectivity index (χ0) is 9.47. The van der Waals surface area contributed by atoms with Gasteiger partial charge in [-0.25, -0.2) is 10.0 Å². The van der Waals surface area contributed by atoms with Gasteiger partial charge in [0.1, 0.15) is 0 Å². The summed E-state index contributed by atoms with van der Waals surface area (Å²) in [6, 6.07) is 0. The number of fused-ring (bicyclic) bond motifs is 2. The molecular formula is C12H22S. The van der Waals surface area contributed by atoms with Crippen molar-refractivity contribution in [3.8, 4) is 0 Å². The number of hydrogen-bond donors (Lipinski definition) is 0. The molecule has 2 aliphatic rings. The van der Waals surface area contributed by atoms with Gasteiger partial charge < -0.3 is 0 Å². The van der Waals surface area contributed by atoms with Crippen LogP contribution in [0.5, 0.6) is 0 Å². The minimum Gasteiger partial charge on any atom is -0.250 e. The quantitative estimate of drug-likeness (QED) is 0.611. The van der Waals surface area contributed by atoms with Crippen molar-refractivity contribution in [1.29, 1.82) is 0 Å². The third-order valence-electron chi connectivity index (χ3n) is 3.52. The van der Waals surface area contributed by atoms with Crippen LogP contribution in [0.25, 0.3) is 0 Å². The topological polar surface area (TPSA) is 0 Å². The van der Waals surface area contributed by atoms with Crippen LogP contribution >= 0.6 is 10.0 Å². The molecule has 0 nitrogen and oxygen atoms in total. The standard InChI is InChI=1S/C12H22S/c1-13(2,3)7-6-12-9-10-4-5-11(12)8-10/h4-5,10-12H,6-9H2,1-3H3. The summed E-state index contributed by atoms with van der Waals surface area (Å²) in [6.45, 7) is 0. The van der Waals surface area contributed by atoms with E-state index in [9.17, 15) is 0 Å². The highest BCUT2D eigenvalue weighted by molar-refractivity contribution is 8.32. The van der Waals surface area contributed by atoms with Gasteiger partial charge in [-0.3, -0.25) is 0 Å². The molecule has 76 valence electrons. The van der Waals surface area contributed by atoms with Gasteiger partial charge in [0.15, 0.2) is 0 Å². The minimum absolute atomic E-state index is 0.253. The van der Waals surface area contributed by atoms with Crippen molar-refractivity contribution in [2.45, 2.75) is 19.3 Å². The van der Waals surface area contributed by atoms with E-state index in [2.05, 4.69) is 30.9 Å². The third-order valence-corrected chi connectivity index (χ3v) is 4.98. The van der Waals surface area contributed by atoms with Crippen molar-refractivity contribution in [2.75, 3.05) is 24.5 Å². The molecule has 0 aliphatic heterocycles. The van der Waals surface area contributed by atoms with E-state index in [0.29, 0.717) is 0 Å². The summed E-state index contributed by atoms with van der Waals surface area (Å²) in [4.78, 5) is 0. The minimum atomic E-state index is -0.253. The molecular weight excluding hydrogens is 176 g/mol. The molecule has 0 aromatic carbocycles. The summed E-state index contributed by atoms with van der Waals surface area (Å²) in [5.74, 6) is 4.45. The highest BCUT2D eigenvalue weighted by atomic mass is 32.3. The predicted molar refractivity (Wildman–Crippen MR) is 63.7 cm³/mol. The largest absolute Gasteiger partial charge is 0.250 e. The second-order valence-corrected chi connectivity index (χ2v) is 10.2. The molecule has 13 heavy (non-hydrogen) atoms. The van der Waals surface area contributed by atoms with E-state index in [0.717, 1.165) is 17.8 Å². The molecule has 2 bridgehead atoms. The Morgan fingerprint density at radius 3 is 2.38 bits per heavy atom. The summed E-state index contributed by atoms with van der Waals surface area (Å²) < 4.78 is 0. The van der Waals surface area contributed by atoms with Crippen molar-refractivity contribution in [2.24, 2.45) is 17.8 Å². The van der Waals surface area contributed by atoms with Crippen LogP contribution in [-0.4, -0.2) is 24.5 Å². The fourth-order valence-corrected chi connectivity index (χ4v) is 3.74. The van der Waals surface area contributed by atoms with Gasteiger partial charge in [0.05, 0.1) is 0 Å². The summed E-state index contributed by atoms with van der Waals surface area (Å²) >= 11 is 0. The summed E-state index contributed by atoms with van der Waals surface area (Å²) in [7, 11) is -0.253. The molecule has 0 spiro atoms.